The van der Waals surface area contributed by atoms with Crippen molar-refractivity contribution in [2.45, 2.75) is 76.8 Å². The lowest BCUT2D eigenvalue weighted by molar-refractivity contribution is -0.127. The highest BCUT2D eigenvalue weighted by molar-refractivity contribution is 7.08. The molecule has 0 unspecified atom stereocenters. The molecule has 3 aromatic rings. The number of amides is 2. The Kier molecular flexibility index (Phi) is 8.75. The van der Waals surface area contributed by atoms with Crippen LogP contribution in [-0.2, 0) is 16.0 Å². The van der Waals surface area contributed by atoms with E-state index in [2.05, 4.69) is 31.3 Å². The third-order valence-electron chi connectivity index (χ3n) is 7.13. The van der Waals surface area contributed by atoms with E-state index in [1.807, 2.05) is 59.3 Å². The highest BCUT2D eigenvalue weighted by Crippen LogP contribution is 2.31. The number of nitrogens with zero attached hydrogens (tertiary/aromatic N) is 1. The molecular weight excluding hydrogens is 452 g/mol. The lowest BCUT2D eigenvalue weighted by Crippen LogP contribution is -2.47. The van der Waals surface area contributed by atoms with Crippen LogP contribution >= 0.6 is 11.3 Å². The summed E-state index contributed by atoms with van der Waals surface area (Å²) in [7, 11) is 0. The van der Waals surface area contributed by atoms with Crippen LogP contribution in [0.15, 0.2) is 71.4 Å². The molecular formula is C30H36N2O2S. The Morgan fingerprint density at radius 3 is 2.31 bits per heavy atom. The molecule has 4 rings (SSSR count). The molecule has 1 fully saturated rings. The predicted octanol–water partition coefficient (Wildman–Crippen LogP) is 7.03. The molecule has 2 amide bonds. The summed E-state index contributed by atoms with van der Waals surface area (Å²) in [5, 5.41) is 7.28. The van der Waals surface area contributed by atoms with E-state index in [1.165, 1.54) is 12.0 Å². The number of benzene rings is 2. The molecule has 1 aliphatic rings. The molecule has 1 aliphatic carbocycles. The highest BCUT2D eigenvalue weighted by atomic mass is 32.1. The SMILES string of the molecule is CC[C@@H](C)c1ccc(N(C(=O)Cc2ccsc2)[C@@H](C(=O)NC2CCCCC2)c2ccccc2)cc1. The largest absolute Gasteiger partial charge is 0.351 e. The molecule has 4 nitrogen and oxygen atoms in total. The van der Waals surface area contributed by atoms with Gasteiger partial charge in [-0.15, -0.1) is 0 Å². The zero-order valence-corrected chi connectivity index (χ0v) is 21.6. The molecule has 2 atom stereocenters. The third kappa shape index (κ3) is 6.40. The van der Waals surface area contributed by atoms with Gasteiger partial charge in [0.1, 0.15) is 6.04 Å². The Bertz CT molecular complexity index is 1070. The normalized spacial score (nSPS) is 15.8. The molecule has 1 aromatic heterocycles. The van der Waals surface area contributed by atoms with Gasteiger partial charge in [-0.25, -0.2) is 0 Å². The van der Waals surface area contributed by atoms with Gasteiger partial charge >= 0.3 is 0 Å². The van der Waals surface area contributed by atoms with E-state index in [1.54, 1.807) is 16.2 Å². The molecule has 0 spiro atoms. The van der Waals surface area contributed by atoms with E-state index in [-0.39, 0.29) is 24.3 Å². The van der Waals surface area contributed by atoms with Gasteiger partial charge in [0.25, 0.3) is 0 Å². The first-order chi connectivity index (χ1) is 17.1. The Morgan fingerprint density at radius 1 is 0.971 bits per heavy atom. The fourth-order valence-corrected chi connectivity index (χ4v) is 5.54. The second kappa shape index (κ2) is 12.2. The van der Waals surface area contributed by atoms with Gasteiger partial charge in [-0.2, -0.15) is 11.3 Å². The summed E-state index contributed by atoms with van der Waals surface area (Å²) in [6.45, 7) is 4.38. The number of rotatable bonds is 9. The molecule has 1 heterocycles. The minimum Gasteiger partial charge on any atom is -0.351 e. The van der Waals surface area contributed by atoms with Gasteiger partial charge in [-0.3, -0.25) is 14.5 Å². The lowest BCUT2D eigenvalue weighted by atomic mass is 9.94. The Labute approximate surface area is 213 Å². The van der Waals surface area contributed by atoms with Crippen molar-refractivity contribution in [3.05, 3.63) is 88.1 Å². The monoisotopic (exact) mass is 488 g/mol. The van der Waals surface area contributed by atoms with Crippen LogP contribution in [0.3, 0.4) is 0 Å². The van der Waals surface area contributed by atoms with Gasteiger partial charge < -0.3 is 5.32 Å². The van der Waals surface area contributed by atoms with E-state index in [0.717, 1.165) is 48.9 Å². The minimum absolute atomic E-state index is 0.0765. The van der Waals surface area contributed by atoms with Crippen molar-refractivity contribution in [1.29, 1.82) is 0 Å². The van der Waals surface area contributed by atoms with Crippen LogP contribution in [0.2, 0.25) is 0 Å². The maximum Gasteiger partial charge on any atom is 0.248 e. The van der Waals surface area contributed by atoms with E-state index in [4.69, 9.17) is 0 Å². The Morgan fingerprint density at radius 2 is 1.69 bits per heavy atom. The second-order valence-corrected chi connectivity index (χ2v) is 10.4. The molecule has 184 valence electrons. The van der Waals surface area contributed by atoms with Crippen LogP contribution in [-0.4, -0.2) is 17.9 Å². The summed E-state index contributed by atoms with van der Waals surface area (Å²) in [6, 6.07) is 19.3. The zero-order valence-electron chi connectivity index (χ0n) is 20.8. The summed E-state index contributed by atoms with van der Waals surface area (Å²) >= 11 is 1.58. The number of hydrogen-bond acceptors (Lipinski definition) is 3. The molecule has 5 heteroatoms. The van der Waals surface area contributed by atoms with E-state index in [9.17, 15) is 9.59 Å². The first-order valence-corrected chi connectivity index (χ1v) is 13.8. The standard InChI is InChI=1S/C30H36N2O2S/c1-3-22(2)24-14-16-27(17-15-24)32(28(33)20-23-18-19-35-21-23)29(25-10-6-4-7-11-25)30(34)31-26-12-8-5-9-13-26/h4,6-7,10-11,14-19,21-22,26,29H,3,5,8-9,12-13,20H2,1-2H3,(H,31,34)/t22-,29-/m1/s1. The number of nitrogens with one attached hydrogen (secondary N) is 1. The van der Waals surface area contributed by atoms with Crippen molar-refractivity contribution >= 4 is 28.8 Å². The fourth-order valence-electron chi connectivity index (χ4n) is 4.87. The summed E-state index contributed by atoms with van der Waals surface area (Å²) in [5.74, 6) is 0.263. The fraction of sp³-hybridized carbons (Fsp3) is 0.400. The molecule has 1 saturated carbocycles. The number of thiophene rings is 1. The molecule has 0 saturated heterocycles. The molecule has 0 radical (unpaired) electrons. The quantitative estimate of drug-likeness (QED) is 0.352. The third-order valence-corrected chi connectivity index (χ3v) is 7.86. The summed E-state index contributed by atoms with van der Waals surface area (Å²) in [4.78, 5) is 29.4. The smallest absolute Gasteiger partial charge is 0.248 e. The molecule has 2 aromatic carbocycles. The first kappa shape index (κ1) is 25.2. The molecule has 1 N–H and O–H groups in total. The van der Waals surface area contributed by atoms with Gasteiger partial charge in [0, 0.05) is 11.7 Å². The van der Waals surface area contributed by atoms with Crippen molar-refractivity contribution in [3.63, 3.8) is 0 Å². The molecule has 35 heavy (non-hydrogen) atoms. The van der Waals surface area contributed by atoms with E-state index >= 15 is 0 Å². The van der Waals surface area contributed by atoms with Crippen molar-refractivity contribution in [1.82, 2.24) is 5.32 Å². The second-order valence-electron chi connectivity index (χ2n) is 9.63. The topological polar surface area (TPSA) is 49.4 Å². The zero-order chi connectivity index (χ0) is 24.6. The molecule has 0 bridgehead atoms. The van der Waals surface area contributed by atoms with Crippen molar-refractivity contribution in [3.8, 4) is 0 Å². The van der Waals surface area contributed by atoms with Crippen LogP contribution in [0, 0.1) is 0 Å². The molecule has 0 aliphatic heterocycles. The average Bonchev–Trinajstić information content (AvgIpc) is 3.41. The van der Waals surface area contributed by atoms with Gasteiger partial charge in [-0.1, -0.05) is 75.6 Å². The minimum atomic E-state index is -0.723. The van der Waals surface area contributed by atoms with E-state index < -0.39 is 6.04 Å². The lowest BCUT2D eigenvalue weighted by Gasteiger charge is -2.33. The Balaban J connectivity index is 1.72. The number of carbonyl (C=O) groups excluding carboxylic acids is 2. The first-order valence-electron chi connectivity index (χ1n) is 12.8. The predicted molar refractivity (Wildman–Crippen MR) is 145 cm³/mol. The number of carbonyl (C=O) groups is 2. The number of hydrogen-bond donors (Lipinski definition) is 1. The van der Waals surface area contributed by atoms with Crippen LogP contribution in [0.4, 0.5) is 5.69 Å². The van der Waals surface area contributed by atoms with Crippen LogP contribution in [0.5, 0.6) is 0 Å². The average molecular weight is 489 g/mol. The highest BCUT2D eigenvalue weighted by Gasteiger charge is 2.34. The van der Waals surface area contributed by atoms with Crippen LogP contribution in [0.1, 0.15) is 81.0 Å². The van der Waals surface area contributed by atoms with Gasteiger partial charge in [0.2, 0.25) is 11.8 Å². The van der Waals surface area contributed by atoms with Crippen LogP contribution in [0.25, 0.3) is 0 Å². The maximum atomic E-state index is 13.9. The van der Waals surface area contributed by atoms with Gasteiger partial charge in [0.05, 0.1) is 6.42 Å². The van der Waals surface area contributed by atoms with Gasteiger partial charge in [0.15, 0.2) is 0 Å². The number of anilines is 1. The summed E-state index contributed by atoms with van der Waals surface area (Å²) < 4.78 is 0. The summed E-state index contributed by atoms with van der Waals surface area (Å²) in [6.07, 6.45) is 6.81. The maximum absolute atomic E-state index is 13.9. The van der Waals surface area contributed by atoms with Gasteiger partial charge in [-0.05, 0) is 70.8 Å². The van der Waals surface area contributed by atoms with E-state index in [0.29, 0.717) is 5.92 Å². The summed E-state index contributed by atoms with van der Waals surface area (Å²) in [5.41, 5.74) is 3.79. The Hall–Kier alpha value is -2.92. The van der Waals surface area contributed by atoms with Crippen molar-refractivity contribution in [2.75, 3.05) is 4.90 Å². The van der Waals surface area contributed by atoms with Crippen molar-refractivity contribution in [2.24, 2.45) is 0 Å². The van der Waals surface area contributed by atoms with Crippen molar-refractivity contribution < 1.29 is 9.59 Å². The van der Waals surface area contributed by atoms with Crippen LogP contribution < -0.4 is 10.2 Å².